The molecule has 0 aliphatic carbocycles. The van der Waals surface area contributed by atoms with Crippen molar-refractivity contribution in [1.82, 2.24) is 4.98 Å². The van der Waals surface area contributed by atoms with Gasteiger partial charge in [0.1, 0.15) is 5.69 Å². The Morgan fingerprint density at radius 1 is 1.05 bits per heavy atom. The number of aryl methyl sites for hydroxylation is 1. The Labute approximate surface area is 128 Å². The summed E-state index contributed by atoms with van der Waals surface area (Å²) in [5.74, 6) is -0.256. The third-order valence-corrected chi connectivity index (χ3v) is 3.65. The molecule has 0 radical (unpaired) electrons. The van der Waals surface area contributed by atoms with Crippen molar-refractivity contribution in [3.63, 3.8) is 0 Å². The zero-order chi connectivity index (χ0) is 15.7. The van der Waals surface area contributed by atoms with Crippen LogP contribution in [0.3, 0.4) is 0 Å². The summed E-state index contributed by atoms with van der Waals surface area (Å²) in [6, 6.07) is 14.7. The maximum Gasteiger partial charge on any atom is 0.272 e. The van der Waals surface area contributed by atoms with E-state index >= 15 is 0 Å². The number of fused-ring (bicyclic) bond motifs is 1. The van der Waals surface area contributed by atoms with Crippen LogP contribution in [-0.4, -0.2) is 16.7 Å². The van der Waals surface area contributed by atoms with Gasteiger partial charge in [0.2, 0.25) is 0 Å². The Bertz CT molecular complexity index is 878. The minimum absolute atomic E-state index is 0.0302. The fraction of sp³-hybridized carbons (Fsp3) is 0.111. The van der Waals surface area contributed by atoms with Crippen LogP contribution in [0.15, 0.2) is 48.5 Å². The smallest absolute Gasteiger partial charge is 0.272 e. The van der Waals surface area contributed by atoms with E-state index in [1.165, 1.54) is 6.92 Å². The van der Waals surface area contributed by atoms with Gasteiger partial charge in [-0.15, -0.1) is 0 Å². The van der Waals surface area contributed by atoms with Crippen LogP contribution < -0.4 is 5.32 Å². The number of H-pyrrole nitrogens is 1. The maximum atomic E-state index is 12.3. The van der Waals surface area contributed by atoms with Gasteiger partial charge in [0, 0.05) is 22.2 Å². The molecule has 1 heterocycles. The number of hydrogen-bond acceptors (Lipinski definition) is 2. The lowest BCUT2D eigenvalue weighted by molar-refractivity contribution is 0.100. The minimum Gasteiger partial charge on any atom is -0.351 e. The lowest BCUT2D eigenvalue weighted by atomic mass is 10.1. The lowest BCUT2D eigenvalue weighted by Crippen LogP contribution is -2.12. The Balaban J connectivity index is 1.88. The van der Waals surface area contributed by atoms with E-state index in [1.54, 1.807) is 24.3 Å². The zero-order valence-electron chi connectivity index (χ0n) is 12.4. The summed E-state index contributed by atoms with van der Waals surface area (Å²) in [6.07, 6.45) is 0. The quantitative estimate of drug-likeness (QED) is 0.718. The highest BCUT2D eigenvalue weighted by Gasteiger charge is 2.11. The molecule has 0 spiro atoms. The number of rotatable bonds is 3. The molecule has 110 valence electrons. The normalized spacial score (nSPS) is 10.6. The Morgan fingerprint density at radius 3 is 2.55 bits per heavy atom. The predicted molar refractivity (Wildman–Crippen MR) is 87.4 cm³/mol. The second-order valence-electron chi connectivity index (χ2n) is 5.31. The van der Waals surface area contributed by atoms with Gasteiger partial charge in [0.25, 0.3) is 5.91 Å². The van der Waals surface area contributed by atoms with Crippen molar-refractivity contribution in [2.24, 2.45) is 0 Å². The first kappa shape index (κ1) is 14.1. The largest absolute Gasteiger partial charge is 0.351 e. The van der Waals surface area contributed by atoms with Crippen molar-refractivity contribution in [3.05, 3.63) is 65.4 Å². The molecule has 4 heteroatoms. The molecule has 0 saturated heterocycles. The van der Waals surface area contributed by atoms with E-state index in [4.69, 9.17) is 0 Å². The Kier molecular flexibility index (Phi) is 3.51. The highest BCUT2D eigenvalue weighted by molar-refractivity contribution is 6.06. The molecule has 1 aromatic heterocycles. The van der Waals surface area contributed by atoms with Gasteiger partial charge in [0.05, 0.1) is 0 Å². The van der Waals surface area contributed by atoms with Crippen LogP contribution in [-0.2, 0) is 0 Å². The van der Waals surface area contributed by atoms with E-state index in [2.05, 4.69) is 10.3 Å². The number of amides is 1. The number of nitrogens with one attached hydrogen (secondary N) is 2. The molecule has 3 aromatic rings. The Hall–Kier alpha value is -2.88. The summed E-state index contributed by atoms with van der Waals surface area (Å²) in [5.41, 5.74) is 3.73. The van der Waals surface area contributed by atoms with Crippen LogP contribution in [0.25, 0.3) is 10.9 Å². The highest BCUT2D eigenvalue weighted by atomic mass is 16.2. The average Bonchev–Trinajstić information content (AvgIpc) is 2.93. The molecular weight excluding hydrogens is 276 g/mol. The van der Waals surface area contributed by atoms with Gasteiger partial charge in [-0.1, -0.05) is 24.3 Å². The van der Waals surface area contributed by atoms with E-state index < -0.39 is 0 Å². The second-order valence-corrected chi connectivity index (χ2v) is 5.31. The molecule has 0 aliphatic rings. The van der Waals surface area contributed by atoms with Crippen molar-refractivity contribution >= 4 is 28.3 Å². The number of benzene rings is 2. The molecule has 2 N–H and O–H groups in total. The van der Waals surface area contributed by atoms with Crippen LogP contribution in [0.2, 0.25) is 0 Å². The van der Waals surface area contributed by atoms with E-state index in [-0.39, 0.29) is 11.7 Å². The summed E-state index contributed by atoms with van der Waals surface area (Å²) in [7, 11) is 0. The van der Waals surface area contributed by atoms with E-state index in [0.29, 0.717) is 16.9 Å². The summed E-state index contributed by atoms with van der Waals surface area (Å²) in [6.45, 7) is 3.51. The number of carbonyl (C=O) groups excluding carboxylic acids is 2. The van der Waals surface area contributed by atoms with E-state index in [9.17, 15) is 9.59 Å². The van der Waals surface area contributed by atoms with Crippen LogP contribution in [0.4, 0.5) is 5.69 Å². The van der Waals surface area contributed by atoms with Gasteiger partial charge < -0.3 is 10.3 Å². The molecule has 22 heavy (non-hydrogen) atoms. The van der Waals surface area contributed by atoms with Crippen LogP contribution >= 0.6 is 0 Å². The monoisotopic (exact) mass is 292 g/mol. The number of aromatic amines is 1. The first-order chi connectivity index (χ1) is 10.5. The van der Waals surface area contributed by atoms with Gasteiger partial charge in [-0.3, -0.25) is 9.59 Å². The van der Waals surface area contributed by atoms with Crippen LogP contribution in [0.1, 0.15) is 33.3 Å². The molecular formula is C18H16N2O2. The van der Waals surface area contributed by atoms with Crippen molar-refractivity contribution in [3.8, 4) is 0 Å². The van der Waals surface area contributed by atoms with Crippen LogP contribution in [0.5, 0.6) is 0 Å². The van der Waals surface area contributed by atoms with Gasteiger partial charge in [0.15, 0.2) is 5.78 Å². The van der Waals surface area contributed by atoms with Gasteiger partial charge in [-0.25, -0.2) is 0 Å². The van der Waals surface area contributed by atoms with Gasteiger partial charge in [-0.05, 0) is 43.7 Å². The number of Topliss-reactive ketones (excluding diaryl/α,β-unsaturated/α-hetero) is 1. The average molecular weight is 292 g/mol. The third-order valence-electron chi connectivity index (χ3n) is 3.65. The van der Waals surface area contributed by atoms with Gasteiger partial charge >= 0.3 is 0 Å². The van der Waals surface area contributed by atoms with Crippen molar-refractivity contribution in [2.75, 3.05) is 5.32 Å². The number of hydrogen-bond donors (Lipinski definition) is 2. The summed E-state index contributed by atoms with van der Waals surface area (Å²) < 4.78 is 0. The Morgan fingerprint density at radius 2 is 1.82 bits per heavy atom. The SMILES string of the molecule is CC(=O)c1cccc(NC(=O)c2cc3c(C)cccc3[nH]2)c1. The molecule has 0 aliphatic heterocycles. The standard InChI is InChI=1S/C18H16N2O2/c1-11-5-3-8-16-15(11)10-17(20-16)18(22)19-14-7-4-6-13(9-14)12(2)21/h3-10,20H,1-2H3,(H,19,22). The molecule has 2 aromatic carbocycles. The molecule has 1 amide bonds. The number of aromatic nitrogens is 1. The summed E-state index contributed by atoms with van der Waals surface area (Å²) >= 11 is 0. The van der Waals surface area contributed by atoms with E-state index in [0.717, 1.165) is 16.5 Å². The first-order valence-electron chi connectivity index (χ1n) is 7.05. The summed E-state index contributed by atoms with van der Waals surface area (Å²) in [5, 5.41) is 3.84. The predicted octanol–water partition coefficient (Wildman–Crippen LogP) is 3.93. The van der Waals surface area contributed by atoms with Crippen molar-refractivity contribution in [1.29, 1.82) is 0 Å². The highest BCUT2D eigenvalue weighted by Crippen LogP contribution is 2.20. The minimum atomic E-state index is -0.226. The zero-order valence-corrected chi connectivity index (χ0v) is 12.4. The number of carbonyl (C=O) groups is 2. The fourth-order valence-electron chi connectivity index (χ4n) is 2.44. The third kappa shape index (κ3) is 2.63. The number of anilines is 1. The second kappa shape index (κ2) is 5.48. The molecule has 0 unspecified atom stereocenters. The topological polar surface area (TPSA) is 62.0 Å². The molecule has 4 nitrogen and oxygen atoms in total. The maximum absolute atomic E-state index is 12.3. The van der Waals surface area contributed by atoms with Crippen LogP contribution in [0, 0.1) is 6.92 Å². The molecule has 0 saturated carbocycles. The van der Waals surface area contributed by atoms with E-state index in [1.807, 2.05) is 31.2 Å². The van der Waals surface area contributed by atoms with Crippen molar-refractivity contribution < 1.29 is 9.59 Å². The molecule has 0 fully saturated rings. The summed E-state index contributed by atoms with van der Waals surface area (Å²) in [4.78, 5) is 26.9. The lowest BCUT2D eigenvalue weighted by Gasteiger charge is -2.05. The van der Waals surface area contributed by atoms with Gasteiger partial charge in [-0.2, -0.15) is 0 Å². The molecule has 0 atom stereocenters. The molecule has 0 bridgehead atoms. The van der Waals surface area contributed by atoms with Crippen molar-refractivity contribution in [2.45, 2.75) is 13.8 Å². The fourth-order valence-corrected chi connectivity index (χ4v) is 2.44. The molecule has 3 rings (SSSR count). The number of ketones is 1. The first-order valence-corrected chi connectivity index (χ1v) is 7.05.